The monoisotopic (exact) mass is 385 g/mol. The van der Waals surface area contributed by atoms with E-state index in [-0.39, 0.29) is 24.3 Å². The topological polar surface area (TPSA) is 77.1 Å². The van der Waals surface area contributed by atoms with Crippen molar-refractivity contribution in [2.45, 2.75) is 46.1 Å². The van der Waals surface area contributed by atoms with E-state index in [1.807, 2.05) is 35.7 Å². The maximum absolute atomic E-state index is 12.8. The molecule has 0 aliphatic rings. The van der Waals surface area contributed by atoms with E-state index in [4.69, 9.17) is 4.52 Å². The summed E-state index contributed by atoms with van der Waals surface area (Å²) in [7, 11) is 0. The number of hydrogen-bond acceptors (Lipinski definition) is 5. The lowest BCUT2D eigenvalue weighted by molar-refractivity contribution is -0.116. The normalized spacial score (nSPS) is 11.3. The fourth-order valence-corrected chi connectivity index (χ4v) is 3.72. The van der Waals surface area contributed by atoms with Gasteiger partial charge in [0.15, 0.2) is 5.82 Å². The van der Waals surface area contributed by atoms with Crippen LogP contribution >= 0.6 is 11.3 Å². The Morgan fingerprint density at radius 3 is 2.37 bits per heavy atom. The van der Waals surface area contributed by atoms with Gasteiger partial charge in [-0.15, -0.1) is 11.3 Å². The predicted molar refractivity (Wildman–Crippen MR) is 107 cm³/mol. The molecule has 0 bridgehead atoms. The lowest BCUT2D eigenvalue weighted by atomic mass is 9.92. The minimum Gasteiger partial charge on any atom is -0.324 e. The molecule has 142 valence electrons. The number of thiophene rings is 1. The minimum absolute atomic E-state index is 0.153. The summed E-state index contributed by atoms with van der Waals surface area (Å²) in [5.41, 5.74) is 2.98. The Kier molecular flexibility index (Phi) is 5.60. The van der Waals surface area contributed by atoms with Crippen molar-refractivity contribution in [2.24, 2.45) is 0 Å². The molecule has 0 atom stereocenters. The first-order valence-corrected chi connectivity index (χ1v) is 9.79. The first kappa shape index (κ1) is 19.1. The van der Waals surface area contributed by atoms with Crippen LogP contribution in [0.4, 0.5) is 5.69 Å². The number of hydrogen-bond donors (Lipinski definition) is 1. The maximum atomic E-state index is 12.8. The van der Waals surface area contributed by atoms with Crippen molar-refractivity contribution < 1.29 is 9.32 Å². The Balaban J connectivity index is 1.90. The molecule has 7 heteroatoms. The second-order valence-electron chi connectivity index (χ2n) is 7.00. The molecule has 0 saturated carbocycles. The zero-order valence-corrected chi connectivity index (χ0v) is 16.7. The van der Waals surface area contributed by atoms with Crippen LogP contribution in [0.1, 0.15) is 50.7 Å². The number of benzene rings is 1. The van der Waals surface area contributed by atoms with Crippen molar-refractivity contribution >= 4 is 22.9 Å². The lowest BCUT2D eigenvalue weighted by Gasteiger charge is -2.20. The summed E-state index contributed by atoms with van der Waals surface area (Å²) in [6, 6.07) is 9.75. The third-order valence-electron chi connectivity index (χ3n) is 4.37. The average molecular weight is 385 g/mol. The molecule has 2 heterocycles. The van der Waals surface area contributed by atoms with Crippen molar-refractivity contribution in [3.05, 3.63) is 57.4 Å². The predicted octanol–water partition coefficient (Wildman–Crippen LogP) is 4.45. The number of rotatable bonds is 6. The molecule has 1 N–H and O–H groups in total. The van der Waals surface area contributed by atoms with Crippen LogP contribution in [0.15, 0.2) is 45.0 Å². The van der Waals surface area contributed by atoms with Gasteiger partial charge in [0, 0.05) is 5.69 Å². The van der Waals surface area contributed by atoms with Crippen LogP contribution in [0.25, 0.3) is 10.7 Å². The van der Waals surface area contributed by atoms with E-state index in [0.29, 0.717) is 5.82 Å². The van der Waals surface area contributed by atoms with Crippen molar-refractivity contribution in [1.29, 1.82) is 0 Å². The largest absolute Gasteiger partial charge is 0.442 e. The Morgan fingerprint density at radius 2 is 1.81 bits per heavy atom. The Hall–Kier alpha value is -2.67. The summed E-state index contributed by atoms with van der Waals surface area (Å²) in [5.74, 6) is -0.0350. The van der Waals surface area contributed by atoms with Gasteiger partial charge in [-0.05, 0) is 34.4 Å². The summed E-state index contributed by atoms with van der Waals surface area (Å²) < 4.78 is 6.04. The van der Waals surface area contributed by atoms with E-state index in [9.17, 15) is 9.59 Å². The van der Waals surface area contributed by atoms with Crippen LogP contribution in [0.5, 0.6) is 0 Å². The van der Waals surface area contributed by atoms with Crippen LogP contribution < -0.4 is 11.1 Å². The number of carbonyl (C=O) groups is 1. The fraction of sp³-hybridized carbons (Fsp3) is 0.350. The van der Waals surface area contributed by atoms with Crippen molar-refractivity contribution in [2.75, 3.05) is 5.32 Å². The molecule has 1 amide bonds. The first-order valence-electron chi connectivity index (χ1n) is 8.91. The molecule has 0 fully saturated rings. The van der Waals surface area contributed by atoms with E-state index in [0.717, 1.165) is 21.7 Å². The molecule has 3 aromatic rings. The smallest absolute Gasteiger partial charge is 0.324 e. The molecule has 6 nitrogen and oxygen atoms in total. The summed E-state index contributed by atoms with van der Waals surface area (Å²) in [6.07, 6.45) is 0. The van der Waals surface area contributed by atoms with Gasteiger partial charge in [-0.2, -0.15) is 0 Å². The Morgan fingerprint density at radius 1 is 1.15 bits per heavy atom. The van der Waals surface area contributed by atoms with E-state index < -0.39 is 5.76 Å². The zero-order chi connectivity index (χ0) is 19.6. The third kappa shape index (κ3) is 4.03. The van der Waals surface area contributed by atoms with E-state index in [1.54, 1.807) is 0 Å². The number of para-hydroxylation sites is 1. The summed E-state index contributed by atoms with van der Waals surface area (Å²) in [6.45, 7) is 8.21. The Labute approximate surface area is 161 Å². The standard InChI is InChI=1S/C20H23N3O3S/c1-12(2)14-7-5-8-15(13(3)4)18(14)21-17(24)11-23-19(22-26-20(23)25)16-9-6-10-27-16/h5-10,12-13H,11H2,1-4H3,(H,21,24). The van der Waals surface area contributed by atoms with E-state index in [2.05, 4.69) is 38.2 Å². The van der Waals surface area contributed by atoms with Gasteiger partial charge in [-0.1, -0.05) is 57.1 Å². The Bertz CT molecular complexity index is 958. The SMILES string of the molecule is CC(C)c1cccc(C(C)C)c1NC(=O)Cn1c(-c2cccs2)noc1=O. The number of nitrogens with zero attached hydrogens (tertiary/aromatic N) is 2. The van der Waals surface area contributed by atoms with Crippen LogP contribution in [0.3, 0.4) is 0 Å². The molecule has 0 saturated heterocycles. The number of nitrogens with one attached hydrogen (secondary N) is 1. The van der Waals surface area contributed by atoms with Crippen LogP contribution in [-0.2, 0) is 11.3 Å². The number of anilines is 1. The van der Waals surface area contributed by atoms with Crippen molar-refractivity contribution in [1.82, 2.24) is 9.72 Å². The second kappa shape index (κ2) is 7.92. The number of aromatic nitrogens is 2. The summed E-state index contributed by atoms with van der Waals surface area (Å²) in [4.78, 5) is 25.6. The molecule has 1 aromatic carbocycles. The molecular weight excluding hydrogens is 362 g/mol. The highest BCUT2D eigenvalue weighted by Gasteiger charge is 2.19. The molecule has 0 spiro atoms. The molecule has 3 rings (SSSR count). The summed E-state index contributed by atoms with van der Waals surface area (Å²) >= 11 is 1.43. The molecule has 2 aromatic heterocycles. The van der Waals surface area contributed by atoms with Crippen molar-refractivity contribution in [3.8, 4) is 10.7 Å². The molecule has 0 aliphatic heterocycles. The fourth-order valence-electron chi connectivity index (χ4n) is 3.01. The lowest BCUT2D eigenvalue weighted by Crippen LogP contribution is -2.26. The van der Waals surface area contributed by atoms with Crippen LogP contribution in [-0.4, -0.2) is 15.6 Å². The quantitative estimate of drug-likeness (QED) is 0.680. The number of amides is 1. The molecule has 0 unspecified atom stereocenters. The molecule has 27 heavy (non-hydrogen) atoms. The average Bonchev–Trinajstić information content (AvgIpc) is 3.25. The van der Waals surface area contributed by atoms with Gasteiger partial charge in [0.25, 0.3) is 0 Å². The highest BCUT2D eigenvalue weighted by atomic mass is 32.1. The highest BCUT2D eigenvalue weighted by molar-refractivity contribution is 7.13. The van der Waals surface area contributed by atoms with Crippen LogP contribution in [0.2, 0.25) is 0 Å². The second-order valence-corrected chi connectivity index (χ2v) is 7.95. The van der Waals surface area contributed by atoms with Gasteiger partial charge < -0.3 is 5.32 Å². The van der Waals surface area contributed by atoms with Gasteiger partial charge >= 0.3 is 5.76 Å². The van der Waals surface area contributed by atoms with Crippen LogP contribution in [0, 0.1) is 0 Å². The number of carbonyl (C=O) groups excluding carboxylic acids is 1. The maximum Gasteiger partial charge on any atom is 0.442 e. The third-order valence-corrected chi connectivity index (χ3v) is 5.23. The van der Waals surface area contributed by atoms with E-state index in [1.165, 1.54) is 15.9 Å². The van der Waals surface area contributed by atoms with Crippen molar-refractivity contribution in [3.63, 3.8) is 0 Å². The van der Waals surface area contributed by atoms with Gasteiger partial charge in [0.2, 0.25) is 5.91 Å². The highest BCUT2D eigenvalue weighted by Crippen LogP contribution is 2.32. The zero-order valence-electron chi connectivity index (χ0n) is 15.9. The van der Waals surface area contributed by atoms with Gasteiger partial charge in [0.1, 0.15) is 6.54 Å². The summed E-state index contributed by atoms with van der Waals surface area (Å²) in [5, 5.41) is 8.71. The molecule has 0 aliphatic carbocycles. The molecular formula is C20H23N3O3S. The minimum atomic E-state index is -0.644. The van der Waals surface area contributed by atoms with Gasteiger partial charge in [0.05, 0.1) is 4.88 Å². The first-order chi connectivity index (χ1) is 12.9. The van der Waals surface area contributed by atoms with Gasteiger partial charge in [-0.25, -0.2) is 9.36 Å². The molecule has 0 radical (unpaired) electrons. The van der Waals surface area contributed by atoms with Gasteiger partial charge in [-0.3, -0.25) is 9.32 Å². The van der Waals surface area contributed by atoms with E-state index >= 15 is 0 Å².